The lowest BCUT2D eigenvalue weighted by atomic mass is 10.0. The van der Waals surface area contributed by atoms with Crippen LogP contribution in [0.15, 0.2) is 102 Å². The first kappa shape index (κ1) is 35.4. The zero-order valence-corrected chi connectivity index (χ0v) is 28.5. The van der Waals surface area contributed by atoms with E-state index in [1.807, 2.05) is 30.5 Å². The fraction of sp³-hybridized carbons (Fsp3) is 0.189. The predicted octanol–water partition coefficient (Wildman–Crippen LogP) is 7.42. The molecule has 0 aliphatic carbocycles. The van der Waals surface area contributed by atoms with Crippen molar-refractivity contribution >= 4 is 39.7 Å². The maximum atomic E-state index is 15.4. The van der Waals surface area contributed by atoms with Gasteiger partial charge in [0.15, 0.2) is 17.3 Å². The van der Waals surface area contributed by atoms with Gasteiger partial charge in [0.1, 0.15) is 17.1 Å². The van der Waals surface area contributed by atoms with Crippen molar-refractivity contribution in [3.63, 3.8) is 0 Å². The van der Waals surface area contributed by atoms with Crippen molar-refractivity contribution in [2.45, 2.75) is 19.9 Å². The number of fused-ring (bicyclic) bond motifs is 1. The molecular formula is C37H34ClFN4O5S. The number of carbonyl (C=O) groups is 1. The third-order valence-electron chi connectivity index (χ3n) is 7.51. The number of para-hydroxylation sites is 1. The van der Waals surface area contributed by atoms with Crippen LogP contribution in [0.3, 0.4) is 0 Å². The van der Waals surface area contributed by atoms with E-state index >= 15 is 4.39 Å². The average Bonchev–Trinajstić information content (AvgIpc) is 3.54. The van der Waals surface area contributed by atoms with E-state index in [0.717, 1.165) is 27.4 Å². The minimum atomic E-state index is -0.641. The van der Waals surface area contributed by atoms with Crippen molar-refractivity contribution in [2.75, 3.05) is 26.9 Å². The summed E-state index contributed by atoms with van der Waals surface area (Å²) in [6.07, 6.45) is 4.82. The van der Waals surface area contributed by atoms with Crippen LogP contribution in [0.1, 0.15) is 28.4 Å². The summed E-state index contributed by atoms with van der Waals surface area (Å²) in [6, 6.07) is 22.6. The Balaban J connectivity index is 0.00000468. The van der Waals surface area contributed by atoms with E-state index in [4.69, 9.17) is 14.2 Å². The number of benzene rings is 2. The highest BCUT2D eigenvalue weighted by Gasteiger charge is 2.21. The summed E-state index contributed by atoms with van der Waals surface area (Å²) in [6.45, 7) is 4.14. The molecule has 0 spiro atoms. The van der Waals surface area contributed by atoms with Gasteiger partial charge in [0, 0.05) is 57.0 Å². The highest BCUT2D eigenvalue weighted by molar-refractivity contribution is 7.22. The van der Waals surface area contributed by atoms with Crippen molar-refractivity contribution in [1.82, 2.24) is 19.9 Å². The number of halogens is 2. The van der Waals surface area contributed by atoms with E-state index in [9.17, 15) is 9.59 Å². The molecule has 4 heterocycles. The second-order valence-electron chi connectivity index (χ2n) is 10.8. The standard InChI is InChI=1S/C37H33FN4O5S.ClH/c1-3-46-32-14-17-42(26-7-5-4-6-8-26)37(44)35(32)30(43)20-24-10-12-31(27(38)19-24)47-33-13-15-40-29-21-34(48-36(29)33)28-11-9-25(23-41-28)22-39-16-18-45-2;/h4-15,17,19,21,23,39H,3,16,18,20,22H2,1-2H3;1H. The Morgan fingerprint density at radius 1 is 0.959 bits per heavy atom. The lowest BCUT2D eigenvalue weighted by Gasteiger charge is -2.13. The van der Waals surface area contributed by atoms with Gasteiger partial charge in [-0.2, -0.15) is 0 Å². The highest BCUT2D eigenvalue weighted by atomic mass is 35.5. The first-order chi connectivity index (χ1) is 23.4. The number of pyridine rings is 3. The van der Waals surface area contributed by atoms with E-state index in [0.29, 0.717) is 35.7 Å². The van der Waals surface area contributed by atoms with Crippen LogP contribution in [0.4, 0.5) is 4.39 Å². The number of methoxy groups -OCH3 is 1. The Hall–Kier alpha value is -4.94. The number of nitrogens with one attached hydrogen (secondary N) is 1. The average molecular weight is 701 g/mol. The van der Waals surface area contributed by atoms with E-state index in [1.54, 1.807) is 68.9 Å². The summed E-state index contributed by atoms with van der Waals surface area (Å²) in [7, 11) is 1.67. The molecule has 1 N–H and O–H groups in total. The molecule has 0 fully saturated rings. The minimum absolute atomic E-state index is 0. The molecule has 0 atom stereocenters. The van der Waals surface area contributed by atoms with Gasteiger partial charge in [-0.1, -0.05) is 30.3 Å². The van der Waals surface area contributed by atoms with Crippen LogP contribution in [-0.4, -0.2) is 47.2 Å². The maximum absolute atomic E-state index is 15.4. The number of hydrogen-bond acceptors (Lipinski definition) is 9. The molecule has 252 valence electrons. The fourth-order valence-electron chi connectivity index (χ4n) is 5.18. The molecule has 49 heavy (non-hydrogen) atoms. The number of nitrogens with zero attached hydrogens (tertiary/aromatic N) is 3. The SMILES string of the molecule is CCOc1ccn(-c2ccccc2)c(=O)c1C(=O)Cc1ccc(Oc2ccnc3cc(-c4ccc(CNCCOC)cn4)sc23)c(F)c1.Cl. The zero-order valence-electron chi connectivity index (χ0n) is 26.9. The molecule has 4 aromatic heterocycles. The van der Waals surface area contributed by atoms with Crippen LogP contribution in [0.5, 0.6) is 17.2 Å². The summed E-state index contributed by atoms with van der Waals surface area (Å²) in [5.74, 6) is -0.479. The van der Waals surface area contributed by atoms with Crippen LogP contribution in [0.25, 0.3) is 26.5 Å². The van der Waals surface area contributed by atoms with Gasteiger partial charge in [-0.15, -0.1) is 23.7 Å². The van der Waals surface area contributed by atoms with Gasteiger partial charge in [-0.25, -0.2) is 4.39 Å². The topological polar surface area (TPSA) is 105 Å². The second kappa shape index (κ2) is 16.4. The Bertz CT molecular complexity index is 2110. The molecule has 6 rings (SSSR count). The Morgan fingerprint density at radius 3 is 2.51 bits per heavy atom. The number of Topliss-reactive ketones (excluding diaryl/α,β-unsaturated/α-hetero) is 1. The number of thiophene rings is 1. The first-order valence-corrected chi connectivity index (χ1v) is 16.2. The van der Waals surface area contributed by atoms with E-state index in [2.05, 4.69) is 15.3 Å². The fourth-order valence-corrected chi connectivity index (χ4v) is 6.22. The van der Waals surface area contributed by atoms with Crippen molar-refractivity contribution in [1.29, 1.82) is 0 Å². The Morgan fingerprint density at radius 2 is 1.78 bits per heavy atom. The molecule has 0 bridgehead atoms. The number of carbonyl (C=O) groups excluding carboxylic acids is 1. The van der Waals surface area contributed by atoms with Crippen molar-refractivity contribution in [2.24, 2.45) is 0 Å². The monoisotopic (exact) mass is 700 g/mol. The molecular weight excluding hydrogens is 667 g/mol. The summed E-state index contributed by atoms with van der Waals surface area (Å²) >= 11 is 1.45. The minimum Gasteiger partial charge on any atom is -0.493 e. The maximum Gasteiger partial charge on any atom is 0.269 e. The predicted molar refractivity (Wildman–Crippen MR) is 191 cm³/mol. The van der Waals surface area contributed by atoms with Crippen LogP contribution in [0.2, 0.25) is 0 Å². The van der Waals surface area contributed by atoms with Crippen molar-refractivity contribution in [3.05, 3.63) is 130 Å². The molecule has 0 amide bonds. The van der Waals surface area contributed by atoms with Crippen LogP contribution >= 0.6 is 23.7 Å². The Labute approximate surface area is 292 Å². The zero-order chi connectivity index (χ0) is 33.5. The van der Waals surface area contributed by atoms with Crippen LogP contribution in [-0.2, 0) is 17.7 Å². The van der Waals surface area contributed by atoms with Gasteiger partial charge in [0.25, 0.3) is 5.56 Å². The number of rotatable bonds is 14. The first-order valence-electron chi connectivity index (χ1n) is 15.4. The van der Waals surface area contributed by atoms with Gasteiger partial charge in [0.05, 0.1) is 34.0 Å². The van der Waals surface area contributed by atoms with Gasteiger partial charge < -0.3 is 19.5 Å². The molecule has 0 radical (unpaired) electrons. The molecule has 6 aromatic rings. The highest BCUT2D eigenvalue weighted by Crippen LogP contribution is 2.39. The third kappa shape index (κ3) is 8.21. The third-order valence-corrected chi connectivity index (χ3v) is 8.67. The van der Waals surface area contributed by atoms with E-state index < -0.39 is 17.2 Å². The van der Waals surface area contributed by atoms with Crippen molar-refractivity contribution in [3.8, 4) is 33.5 Å². The van der Waals surface area contributed by atoms with E-state index in [-0.39, 0.29) is 42.5 Å². The summed E-state index contributed by atoms with van der Waals surface area (Å²) in [5.41, 5.74) is 2.98. The molecule has 9 nitrogen and oxygen atoms in total. The van der Waals surface area contributed by atoms with Gasteiger partial charge in [-0.3, -0.25) is 24.1 Å². The number of ketones is 1. The lowest BCUT2D eigenvalue weighted by Crippen LogP contribution is -2.26. The van der Waals surface area contributed by atoms with Crippen LogP contribution in [0, 0.1) is 5.82 Å². The lowest BCUT2D eigenvalue weighted by molar-refractivity contribution is 0.0987. The molecule has 2 aromatic carbocycles. The Kier molecular flexibility index (Phi) is 11.9. The van der Waals surface area contributed by atoms with Crippen LogP contribution < -0.4 is 20.3 Å². The molecule has 0 saturated heterocycles. The summed E-state index contributed by atoms with van der Waals surface area (Å²) in [4.78, 5) is 36.9. The second-order valence-corrected chi connectivity index (χ2v) is 11.9. The molecule has 0 unspecified atom stereocenters. The normalized spacial score (nSPS) is 10.9. The molecule has 0 saturated carbocycles. The largest absolute Gasteiger partial charge is 0.493 e. The van der Waals surface area contributed by atoms with Gasteiger partial charge in [0.2, 0.25) is 0 Å². The smallest absolute Gasteiger partial charge is 0.269 e. The summed E-state index contributed by atoms with van der Waals surface area (Å²) < 4.78 is 34.3. The van der Waals surface area contributed by atoms with Gasteiger partial charge >= 0.3 is 0 Å². The molecule has 12 heteroatoms. The van der Waals surface area contributed by atoms with Crippen molar-refractivity contribution < 1.29 is 23.4 Å². The molecule has 0 aliphatic heterocycles. The molecule has 0 aliphatic rings. The van der Waals surface area contributed by atoms with Gasteiger partial charge in [-0.05, 0) is 60.5 Å². The number of aromatic nitrogens is 3. The number of ether oxygens (including phenoxy) is 3. The quantitative estimate of drug-likeness (QED) is 0.0925. The van der Waals surface area contributed by atoms with E-state index in [1.165, 1.54) is 28.0 Å². The summed E-state index contributed by atoms with van der Waals surface area (Å²) in [5, 5.41) is 3.30. The number of hydrogen-bond donors (Lipinski definition) is 1.